The molecule has 0 unspecified atom stereocenters. The summed E-state index contributed by atoms with van der Waals surface area (Å²) in [5.74, 6) is 2.27. The van der Waals surface area contributed by atoms with Gasteiger partial charge < -0.3 is 14.4 Å². The van der Waals surface area contributed by atoms with Crippen LogP contribution >= 0.6 is 0 Å². The van der Waals surface area contributed by atoms with Gasteiger partial charge in [0.2, 0.25) is 5.91 Å². The predicted octanol–water partition coefficient (Wildman–Crippen LogP) is 1.87. The lowest BCUT2D eigenvalue weighted by Gasteiger charge is -2.26. The van der Waals surface area contributed by atoms with Crippen molar-refractivity contribution in [3.63, 3.8) is 0 Å². The first-order chi connectivity index (χ1) is 11.8. The Morgan fingerprint density at radius 3 is 3.04 bits per heavy atom. The van der Waals surface area contributed by atoms with Gasteiger partial charge in [-0.3, -0.25) is 9.89 Å². The molecule has 0 radical (unpaired) electrons. The van der Waals surface area contributed by atoms with Crippen molar-refractivity contribution >= 4 is 5.91 Å². The van der Waals surface area contributed by atoms with E-state index in [4.69, 9.17) is 9.47 Å². The van der Waals surface area contributed by atoms with Crippen LogP contribution in [0.3, 0.4) is 0 Å². The molecule has 5 rings (SSSR count). The number of fused-ring (bicyclic) bond motifs is 2. The van der Waals surface area contributed by atoms with E-state index in [2.05, 4.69) is 16.3 Å². The zero-order chi connectivity index (χ0) is 16.1. The van der Waals surface area contributed by atoms with E-state index in [1.54, 1.807) is 0 Å². The molecule has 3 aliphatic rings. The van der Waals surface area contributed by atoms with E-state index in [-0.39, 0.29) is 11.8 Å². The summed E-state index contributed by atoms with van der Waals surface area (Å²) in [7, 11) is 0. The van der Waals surface area contributed by atoms with Gasteiger partial charge in [-0.1, -0.05) is 6.07 Å². The number of aromatic amines is 1. The molecule has 0 bridgehead atoms. The van der Waals surface area contributed by atoms with E-state index < -0.39 is 0 Å². The summed E-state index contributed by atoms with van der Waals surface area (Å²) in [6, 6.07) is 6.06. The van der Waals surface area contributed by atoms with Crippen molar-refractivity contribution in [1.29, 1.82) is 0 Å². The largest absolute Gasteiger partial charge is 0.486 e. The van der Waals surface area contributed by atoms with E-state index >= 15 is 0 Å². The van der Waals surface area contributed by atoms with Crippen LogP contribution < -0.4 is 9.47 Å². The van der Waals surface area contributed by atoms with Crippen molar-refractivity contribution in [1.82, 2.24) is 15.1 Å². The number of rotatable bonds is 2. The summed E-state index contributed by atoms with van der Waals surface area (Å²) >= 11 is 0. The molecule has 1 aliphatic carbocycles. The number of H-pyrrole nitrogens is 1. The summed E-state index contributed by atoms with van der Waals surface area (Å²) in [6.07, 6.45) is 3.62. The summed E-state index contributed by atoms with van der Waals surface area (Å²) in [5.41, 5.74) is 3.49. The summed E-state index contributed by atoms with van der Waals surface area (Å²) < 4.78 is 11.2. The smallest absolute Gasteiger partial charge is 0.226 e. The van der Waals surface area contributed by atoms with Crippen LogP contribution in [0.5, 0.6) is 11.5 Å². The number of nitrogens with one attached hydrogen (secondary N) is 1. The molecule has 1 saturated carbocycles. The predicted molar refractivity (Wildman–Crippen MR) is 86.0 cm³/mol. The molecule has 0 saturated heterocycles. The molecular weight excluding hydrogens is 306 g/mol. The Morgan fingerprint density at radius 2 is 2.12 bits per heavy atom. The van der Waals surface area contributed by atoms with Gasteiger partial charge in [-0.05, 0) is 30.0 Å². The number of hydrogen-bond donors (Lipinski definition) is 1. The van der Waals surface area contributed by atoms with E-state index in [9.17, 15) is 4.79 Å². The maximum atomic E-state index is 12.8. The van der Waals surface area contributed by atoms with Gasteiger partial charge in [0.15, 0.2) is 11.5 Å². The molecule has 1 aromatic carbocycles. The van der Waals surface area contributed by atoms with Gasteiger partial charge in [-0.2, -0.15) is 5.10 Å². The second-order valence-electron chi connectivity index (χ2n) is 6.74. The van der Waals surface area contributed by atoms with Crippen LogP contribution in [-0.2, 0) is 17.8 Å². The lowest BCUT2D eigenvalue weighted by Crippen LogP contribution is -2.36. The SMILES string of the molecule is O=C([C@H]1C[C@H]1c1ccc2c(c1)OCCO2)N1CCc2[nH]ncc2C1. The topological polar surface area (TPSA) is 67.5 Å². The molecule has 2 atom stereocenters. The standard InChI is InChI=1S/C18H19N3O3/c22-18(21-4-3-15-12(10-21)9-19-20-15)14-8-13(14)11-1-2-16-17(7-11)24-6-5-23-16/h1-2,7,9,13-14H,3-6,8,10H2,(H,19,20)/t13-,14-/m0/s1. The van der Waals surface area contributed by atoms with Crippen molar-refractivity contribution in [2.24, 2.45) is 5.92 Å². The molecule has 6 nitrogen and oxygen atoms in total. The third-order valence-electron chi connectivity index (χ3n) is 5.21. The molecule has 2 aromatic rings. The highest BCUT2D eigenvalue weighted by molar-refractivity contribution is 5.83. The number of hydrogen-bond acceptors (Lipinski definition) is 4. The first-order valence-electron chi connectivity index (χ1n) is 8.49. The monoisotopic (exact) mass is 325 g/mol. The third-order valence-corrected chi connectivity index (χ3v) is 5.21. The fraction of sp³-hybridized carbons (Fsp3) is 0.444. The van der Waals surface area contributed by atoms with Crippen molar-refractivity contribution in [2.75, 3.05) is 19.8 Å². The molecule has 3 heterocycles. The van der Waals surface area contributed by atoms with Crippen molar-refractivity contribution in [3.05, 3.63) is 41.2 Å². The van der Waals surface area contributed by atoms with Gasteiger partial charge in [0.1, 0.15) is 13.2 Å². The molecule has 124 valence electrons. The van der Waals surface area contributed by atoms with Crippen LogP contribution in [0.25, 0.3) is 0 Å². The van der Waals surface area contributed by atoms with E-state index in [0.29, 0.717) is 25.7 Å². The number of ether oxygens (including phenoxy) is 2. The highest BCUT2D eigenvalue weighted by atomic mass is 16.6. The highest BCUT2D eigenvalue weighted by Crippen LogP contribution is 2.50. The Labute approximate surface area is 139 Å². The zero-order valence-electron chi connectivity index (χ0n) is 13.3. The Balaban J connectivity index is 1.29. The number of aromatic nitrogens is 2. The quantitative estimate of drug-likeness (QED) is 0.915. The van der Waals surface area contributed by atoms with Gasteiger partial charge >= 0.3 is 0 Å². The number of benzene rings is 1. The van der Waals surface area contributed by atoms with Crippen LogP contribution in [-0.4, -0.2) is 40.8 Å². The van der Waals surface area contributed by atoms with Gasteiger partial charge in [-0.15, -0.1) is 0 Å². The van der Waals surface area contributed by atoms with Crippen LogP contribution in [0.4, 0.5) is 0 Å². The normalized spacial score (nSPS) is 24.4. The Hall–Kier alpha value is -2.50. The molecule has 2 aliphatic heterocycles. The van der Waals surface area contributed by atoms with E-state index in [0.717, 1.165) is 36.4 Å². The van der Waals surface area contributed by atoms with E-state index in [1.165, 1.54) is 11.3 Å². The lowest BCUT2D eigenvalue weighted by molar-refractivity contribution is -0.133. The Kier molecular flexibility index (Phi) is 3.04. The van der Waals surface area contributed by atoms with Crippen LogP contribution in [0.1, 0.15) is 29.2 Å². The van der Waals surface area contributed by atoms with Crippen molar-refractivity contribution < 1.29 is 14.3 Å². The number of carbonyl (C=O) groups excluding carboxylic acids is 1. The molecular formula is C18H19N3O3. The summed E-state index contributed by atoms with van der Waals surface area (Å²) in [6.45, 7) is 2.64. The lowest BCUT2D eigenvalue weighted by atomic mass is 10.1. The first kappa shape index (κ1) is 13.9. The minimum atomic E-state index is 0.0982. The van der Waals surface area contributed by atoms with Crippen LogP contribution in [0.2, 0.25) is 0 Å². The molecule has 1 N–H and O–H groups in total. The molecule has 1 aromatic heterocycles. The fourth-order valence-electron chi connectivity index (χ4n) is 3.77. The van der Waals surface area contributed by atoms with E-state index in [1.807, 2.05) is 23.2 Å². The highest BCUT2D eigenvalue weighted by Gasteiger charge is 2.46. The Bertz CT molecular complexity index is 801. The maximum Gasteiger partial charge on any atom is 0.226 e. The molecule has 24 heavy (non-hydrogen) atoms. The average Bonchev–Trinajstić information content (AvgIpc) is 3.29. The first-order valence-corrected chi connectivity index (χ1v) is 8.49. The maximum absolute atomic E-state index is 12.8. The molecule has 0 spiro atoms. The summed E-state index contributed by atoms with van der Waals surface area (Å²) in [4.78, 5) is 14.8. The zero-order valence-corrected chi connectivity index (χ0v) is 13.3. The minimum Gasteiger partial charge on any atom is -0.486 e. The molecule has 1 amide bonds. The van der Waals surface area contributed by atoms with Crippen molar-refractivity contribution in [3.8, 4) is 11.5 Å². The fourth-order valence-corrected chi connectivity index (χ4v) is 3.77. The number of carbonyl (C=O) groups is 1. The minimum absolute atomic E-state index is 0.0982. The number of nitrogens with zero attached hydrogens (tertiary/aromatic N) is 2. The van der Waals surface area contributed by atoms with Gasteiger partial charge in [-0.25, -0.2) is 0 Å². The molecule has 6 heteroatoms. The average molecular weight is 325 g/mol. The van der Waals surface area contributed by atoms with Gasteiger partial charge in [0.05, 0.1) is 6.20 Å². The van der Waals surface area contributed by atoms with Gasteiger partial charge in [0, 0.05) is 36.7 Å². The second-order valence-corrected chi connectivity index (χ2v) is 6.74. The summed E-state index contributed by atoms with van der Waals surface area (Å²) in [5, 5.41) is 7.08. The third kappa shape index (κ3) is 2.25. The van der Waals surface area contributed by atoms with Gasteiger partial charge in [0.25, 0.3) is 0 Å². The number of amides is 1. The molecule has 1 fully saturated rings. The van der Waals surface area contributed by atoms with Crippen molar-refractivity contribution in [2.45, 2.75) is 25.3 Å². The Morgan fingerprint density at radius 1 is 1.25 bits per heavy atom. The second kappa shape index (κ2) is 5.26. The van der Waals surface area contributed by atoms with Crippen LogP contribution in [0, 0.1) is 5.92 Å². The van der Waals surface area contributed by atoms with Crippen LogP contribution in [0.15, 0.2) is 24.4 Å².